The minimum absolute atomic E-state index is 0.0191. The summed E-state index contributed by atoms with van der Waals surface area (Å²) in [5.41, 5.74) is 4.24. The summed E-state index contributed by atoms with van der Waals surface area (Å²) in [6.45, 7) is 0. The lowest BCUT2D eigenvalue weighted by atomic mass is 9.88. The zero-order valence-corrected chi connectivity index (χ0v) is 12.7. The molecule has 0 radical (unpaired) electrons. The summed E-state index contributed by atoms with van der Waals surface area (Å²) < 4.78 is 0. The summed E-state index contributed by atoms with van der Waals surface area (Å²) in [6.07, 6.45) is -0.0191. The van der Waals surface area contributed by atoms with Crippen molar-refractivity contribution in [2.24, 2.45) is 0 Å². The Labute approximate surface area is 136 Å². The van der Waals surface area contributed by atoms with Crippen molar-refractivity contribution in [3.05, 3.63) is 96.1 Å². The van der Waals surface area contributed by atoms with Gasteiger partial charge in [0.25, 0.3) is 0 Å². The van der Waals surface area contributed by atoms with Gasteiger partial charge in [0.2, 0.25) is 0 Å². The average Bonchev–Trinajstić information content (AvgIpc) is 2.61. The van der Waals surface area contributed by atoms with Crippen molar-refractivity contribution in [3.63, 3.8) is 0 Å². The lowest BCUT2D eigenvalue weighted by Gasteiger charge is -2.19. The number of benzene rings is 3. The quantitative estimate of drug-likeness (QED) is 0.722. The van der Waals surface area contributed by atoms with Crippen LogP contribution in [0.1, 0.15) is 23.5 Å². The minimum atomic E-state index is -1.04. The van der Waals surface area contributed by atoms with E-state index in [0.717, 1.165) is 22.3 Å². The molecule has 0 spiro atoms. The number of aliphatic carboxylic acids is 1. The van der Waals surface area contributed by atoms with Gasteiger partial charge in [0.05, 0.1) is 0 Å². The van der Waals surface area contributed by atoms with E-state index >= 15 is 0 Å². The van der Waals surface area contributed by atoms with Gasteiger partial charge in [-0.1, -0.05) is 84.9 Å². The summed E-state index contributed by atoms with van der Waals surface area (Å²) in [6, 6.07) is 27.9. The molecule has 3 rings (SSSR count). The number of rotatable bonds is 5. The zero-order chi connectivity index (χ0) is 16.1. The second kappa shape index (κ2) is 6.93. The standard InChI is InChI=1S/C21H18O2/c22-21(23)15-20(18-9-5-2-6-10-18)19-13-11-17(12-14-19)16-7-3-1-4-8-16/h1-14,20H,15H2,(H,22,23)/p-1. The molecule has 0 heterocycles. The fourth-order valence-electron chi connectivity index (χ4n) is 2.82. The molecule has 2 nitrogen and oxygen atoms in total. The van der Waals surface area contributed by atoms with Crippen molar-refractivity contribution >= 4 is 5.97 Å². The SMILES string of the molecule is O=C([O-])CC(c1ccccc1)c1ccc(-c2ccccc2)cc1. The van der Waals surface area contributed by atoms with Crippen LogP contribution < -0.4 is 5.11 Å². The van der Waals surface area contributed by atoms with Crippen molar-refractivity contribution in [1.82, 2.24) is 0 Å². The zero-order valence-electron chi connectivity index (χ0n) is 12.7. The third-order valence-electron chi connectivity index (χ3n) is 3.99. The first-order valence-corrected chi connectivity index (χ1v) is 7.64. The highest BCUT2D eigenvalue weighted by molar-refractivity contribution is 5.68. The van der Waals surface area contributed by atoms with Gasteiger partial charge < -0.3 is 9.90 Å². The highest BCUT2D eigenvalue weighted by Gasteiger charge is 2.14. The van der Waals surface area contributed by atoms with Crippen LogP contribution in [0, 0.1) is 0 Å². The fourth-order valence-corrected chi connectivity index (χ4v) is 2.82. The molecule has 0 aliphatic carbocycles. The lowest BCUT2D eigenvalue weighted by molar-refractivity contribution is -0.305. The summed E-state index contributed by atoms with van der Waals surface area (Å²) in [7, 11) is 0. The number of hydrogen-bond acceptors (Lipinski definition) is 2. The molecule has 0 saturated carbocycles. The number of carbonyl (C=O) groups excluding carboxylic acids is 1. The molecule has 2 heteroatoms. The van der Waals surface area contributed by atoms with E-state index in [1.54, 1.807) is 0 Å². The number of hydrogen-bond donors (Lipinski definition) is 0. The maximum absolute atomic E-state index is 11.1. The number of carboxylic acids is 1. The Kier molecular flexibility index (Phi) is 4.53. The van der Waals surface area contributed by atoms with Crippen LogP contribution in [0.2, 0.25) is 0 Å². The van der Waals surface area contributed by atoms with Gasteiger partial charge in [-0.15, -0.1) is 0 Å². The summed E-state index contributed by atoms with van der Waals surface area (Å²) >= 11 is 0. The second-order valence-corrected chi connectivity index (χ2v) is 5.53. The molecule has 0 aromatic heterocycles. The Balaban J connectivity index is 1.93. The molecule has 1 atom stereocenters. The maximum atomic E-state index is 11.1. The van der Waals surface area contributed by atoms with Crippen LogP contribution in [-0.2, 0) is 4.79 Å². The second-order valence-electron chi connectivity index (χ2n) is 5.53. The van der Waals surface area contributed by atoms with Gasteiger partial charge in [-0.05, 0) is 28.7 Å². The first kappa shape index (κ1) is 15.0. The largest absolute Gasteiger partial charge is 0.550 e. The Morgan fingerprint density at radius 2 is 1.17 bits per heavy atom. The van der Waals surface area contributed by atoms with Crippen LogP contribution in [0.3, 0.4) is 0 Å². The van der Waals surface area contributed by atoms with Gasteiger partial charge in [-0.3, -0.25) is 0 Å². The number of carboxylic acid groups (broad SMARTS) is 1. The summed E-state index contributed by atoms with van der Waals surface area (Å²) in [5, 5.41) is 11.1. The molecule has 23 heavy (non-hydrogen) atoms. The highest BCUT2D eigenvalue weighted by Crippen LogP contribution is 2.29. The average molecular weight is 301 g/mol. The third-order valence-corrected chi connectivity index (χ3v) is 3.99. The molecule has 0 N–H and O–H groups in total. The molecule has 0 aliphatic rings. The van der Waals surface area contributed by atoms with E-state index in [1.165, 1.54) is 0 Å². The van der Waals surface area contributed by atoms with Crippen molar-refractivity contribution in [2.45, 2.75) is 12.3 Å². The summed E-state index contributed by atoms with van der Waals surface area (Å²) in [5.74, 6) is -1.22. The van der Waals surface area contributed by atoms with Crippen LogP contribution >= 0.6 is 0 Å². The summed E-state index contributed by atoms with van der Waals surface area (Å²) in [4.78, 5) is 11.1. The molecule has 0 amide bonds. The molecule has 3 aromatic carbocycles. The smallest absolute Gasteiger partial charge is 0.0423 e. The molecular formula is C21H17O2-. The van der Waals surface area contributed by atoms with Crippen LogP contribution in [0.25, 0.3) is 11.1 Å². The van der Waals surface area contributed by atoms with Gasteiger partial charge in [-0.25, -0.2) is 0 Å². The molecule has 0 bridgehead atoms. The Bertz CT molecular complexity index is 762. The third kappa shape index (κ3) is 3.67. The van der Waals surface area contributed by atoms with E-state index in [9.17, 15) is 9.90 Å². The molecule has 0 saturated heterocycles. The van der Waals surface area contributed by atoms with Gasteiger partial charge >= 0.3 is 0 Å². The van der Waals surface area contributed by atoms with Gasteiger partial charge in [-0.2, -0.15) is 0 Å². The van der Waals surface area contributed by atoms with E-state index in [4.69, 9.17) is 0 Å². The van der Waals surface area contributed by atoms with Crippen LogP contribution in [0.4, 0.5) is 0 Å². The Morgan fingerprint density at radius 3 is 1.74 bits per heavy atom. The molecule has 0 aliphatic heterocycles. The van der Waals surface area contributed by atoms with E-state index in [0.29, 0.717) is 0 Å². The van der Waals surface area contributed by atoms with Crippen LogP contribution in [-0.4, -0.2) is 5.97 Å². The maximum Gasteiger partial charge on any atom is 0.0423 e. The minimum Gasteiger partial charge on any atom is -0.550 e. The van der Waals surface area contributed by atoms with Crippen LogP contribution in [0.5, 0.6) is 0 Å². The normalized spacial score (nSPS) is 11.8. The van der Waals surface area contributed by atoms with E-state index < -0.39 is 5.97 Å². The van der Waals surface area contributed by atoms with Gasteiger partial charge in [0.15, 0.2) is 0 Å². The Morgan fingerprint density at radius 1 is 0.696 bits per heavy atom. The fraction of sp³-hybridized carbons (Fsp3) is 0.0952. The molecule has 1 unspecified atom stereocenters. The molecule has 0 fully saturated rings. The lowest BCUT2D eigenvalue weighted by Crippen LogP contribution is -2.24. The predicted molar refractivity (Wildman–Crippen MR) is 89.8 cm³/mol. The van der Waals surface area contributed by atoms with Crippen molar-refractivity contribution in [3.8, 4) is 11.1 Å². The first-order chi connectivity index (χ1) is 11.2. The molecule has 3 aromatic rings. The van der Waals surface area contributed by atoms with Crippen LogP contribution in [0.15, 0.2) is 84.9 Å². The monoisotopic (exact) mass is 301 g/mol. The van der Waals surface area contributed by atoms with E-state index in [2.05, 4.69) is 12.1 Å². The highest BCUT2D eigenvalue weighted by atomic mass is 16.4. The van der Waals surface area contributed by atoms with Gasteiger partial charge in [0, 0.05) is 11.9 Å². The van der Waals surface area contributed by atoms with E-state index in [1.807, 2.05) is 72.8 Å². The molecular weight excluding hydrogens is 284 g/mol. The van der Waals surface area contributed by atoms with Crippen molar-refractivity contribution < 1.29 is 9.90 Å². The van der Waals surface area contributed by atoms with Crippen molar-refractivity contribution in [2.75, 3.05) is 0 Å². The van der Waals surface area contributed by atoms with E-state index in [-0.39, 0.29) is 12.3 Å². The Hall–Kier alpha value is -2.87. The molecule has 114 valence electrons. The first-order valence-electron chi connectivity index (χ1n) is 7.64. The van der Waals surface area contributed by atoms with Gasteiger partial charge in [0.1, 0.15) is 0 Å². The predicted octanol–water partition coefficient (Wildman–Crippen LogP) is 3.63. The van der Waals surface area contributed by atoms with Crippen molar-refractivity contribution in [1.29, 1.82) is 0 Å². The topological polar surface area (TPSA) is 40.1 Å². The number of carbonyl (C=O) groups is 1.